The van der Waals surface area contributed by atoms with Crippen LogP contribution in [-0.4, -0.2) is 47.8 Å². The molecule has 1 aromatic carbocycles. The molecule has 2 fully saturated rings. The summed E-state index contributed by atoms with van der Waals surface area (Å²) in [4.78, 5) is 2.66. The first-order chi connectivity index (χ1) is 10.3. The fraction of sp³-hybridized carbons (Fsp3) is 0.667. The van der Waals surface area contributed by atoms with Gasteiger partial charge in [-0.2, -0.15) is 0 Å². The van der Waals surface area contributed by atoms with Crippen LogP contribution in [0.1, 0.15) is 44.1 Å². The molecule has 0 bridgehead atoms. The maximum Gasteiger partial charge on any atom is 0.0613 e. The molecule has 0 amide bonds. The first-order valence-electron chi connectivity index (χ1n) is 8.41. The first-order valence-corrected chi connectivity index (χ1v) is 8.41. The lowest BCUT2D eigenvalue weighted by Gasteiger charge is -2.30. The number of nitrogens with zero attached hydrogens (tertiary/aromatic N) is 1. The smallest absolute Gasteiger partial charge is 0.0613 e. The van der Waals surface area contributed by atoms with E-state index < -0.39 is 0 Å². The van der Waals surface area contributed by atoms with Crippen molar-refractivity contribution in [3.63, 3.8) is 0 Å². The Morgan fingerprint density at radius 3 is 2.81 bits per heavy atom. The summed E-state index contributed by atoms with van der Waals surface area (Å²) in [7, 11) is 0. The number of aliphatic hydroxyl groups is 1. The van der Waals surface area contributed by atoms with Gasteiger partial charge in [-0.05, 0) is 50.3 Å². The summed E-state index contributed by atoms with van der Waals surface area (Å²) in [5.41, 5.74) is 1.46. The molecular formula is C18H28N2O. The van der Waals surface area contributed by atoms with E-state index in [1.165, 1.54) is 31.5 Å². The van der Waals surface area contributed by atoms with Crippen LogP contribution in [0.15, 0.2) is 30.3 Å². The van der Waals surface area contributed by atoms with E-state index in [0.29, 0.717) is 12.0 Å². The van der Waals surface area contributed by atoms with Crippen LogP contribution in [0.4, 0.5) is 0 Å². The van der Waals surface area contributed by atoms with Gasteiger partial charge in [0.05, 0.1) is 6.61 Å². The number of rotatable bonds is 5. The number of likely N-dealkylation sites (N-methyl/N-ethyl adjacent to an activating group) is 1. The maximum absolute atomic E-state index is 9.76. The molecule has 0 aromatic heterocycles. The number of likely N-dealkylation sites (tertiary alicyclic amines) is 1. The molecule has 3 unspecified atom stereocenters. The molecule has 21 heavy (non-hydrogen) atoms. The van der Waals surface area contributed by atoms with Crippen molar-refractivity contribution in [3.05, 3.63) is 35.9 Å². The molecule has 3 atom stereocenters. The van der Waals surface area contributed by atoms with Crippen molar-refractivity contribution in [2.45, 2.75) is 50.1 Å². The highest BCUT2D eigenvalue weighted by Crippen LogP contribution is 2.37. The average molecular weight is 288 g/mol. The second-order valence-electron chi connectivity index (χ2n) is 6.76. The van der Waals surface area contributed by atoms with Gasteiger partial charge in [-0.3, -0.25) is 4.90 Å². The quantitative estimate of drug-likeness (QED) is 0.873. The van der Waals surface area contributed by atoms with Crippen LogP contribution < -0.4 is 5.32 Å². The van der Waals surface area contributed by atoms with Gasteiger partial charge >= 0.3 is 0 Å². The standard InChI is InChI=1S/C18H28N2O/c1-2-19-18(14-21)10-8-17(12-18)20-11-9-16(13-20)15-6-4-3-5-7-15/h3-7,16-17,19,21H,2,8-14H2,1H3. The summed E-state index contributed by atoms with van der Waals surface area (Å²) in [5.74, 6) is 0.689. The molecule has 1 aliphatic carbocycles. The third-order valence-electron chi connectivity index (χ3n) is 5.44. The molecule has 1 aliphatic heterocycles. The van der Waals surface area contributed by atoms with Gasteiger partial charge in [0.1, 0.15) is 0 Å². The lowest BCUT2D eigenvalue weighted by Crippen LogP contribution is -2.47. The Morgan fingerprint density at radius 1 is 1.29 bits per heavy atom. The van der Waals surface area contributed by atoms with Crippen molar-refractivity contribution >= 4 is 0 Å². The molecule has 1 aromatic rings. The maximum atomic E-state index is 9.76. The van der Waals surface area contributed by atoms with Gasteiger partial charge in [-0.25, -0.2) is 0 Å². The number of hydrogen-bond donors (Lipinski definition) is 2. The van der Waals surface area contributed by atoms with Gasteiger partial charge in [-0.15, -0.1) is 0 Å². The first kappa shape index (κ1) is 15.0. The highest BCUT2D eigenvalue weighted by atomic mass is 16.3. The van der Waals surface area contributed by atoms with E-state index in [4.69, 9.17) is 0 Å². The minimum absolute atomic E-state index is 0.0236. The Bertz CT molecular complexity index is 450. The largest absolute Gasteiger partial charge is 0.394 e. The van der Waals surface area contributed by atoms with Crippen LogP contribution in [0.3, 0.4) is 0 Å². The molecule has 2 N–H and O–H groups in total. The lowest BCUT2D eigenvalue weighted by molar-refractivity contribution is 0.151. The fourth-order valence-electron chi connectivity index (χ4n) is 4.26. The topological polar surface area (TPSA) is 35.5 Å². The molecule has 1 saturated heterocycles. The van der Waals surface area contributed by atoms with Gasteiger partial charge in [0, 0.05) is 18.1 Å². The Kier molecular flexibility index (Phi) is 4.63. The summed E-state index contributed by atoms with van der Waals surface area (Å²) in [6.45, 7) is 5.74. The summed E-state index contributed by atoms with van der Waals surface area (Å²) >= 11 is 0. The van der Waals surface area contributed by atoms with Crippen molar-refractivity contribution in [2.75, 3.05) is 26.2 Å². The second kappa shape index (κ2) is 6.47. The van der Waals surface area contributed by atoms with E-state index in [1.807, 2.05) is 0 Å². The average Bonchev–Trinajstić information content (AvgIpc) is 3.16. The zero-order valence-corrected chi connectivity index (χ0v) is 13.1. The number of nitrogens with one attached hydrogen (secondary N) is 1. The number of benzene rings is 1. The molecule has 3 rings (SSSR count). The van der Waals surface area contributed by atoms with E-state index >= 15 is 0 Å². The monoisotopic (exact) mass is 288 g/mol. The highest BCUT2D eigenvalue weighted by Gasteiger charge is 2.41. The van der Waals surface area contributed by atoms with E-state index in [1.54, 1.807) is 0 Å². The Labute approximate surface area is 128 Å². The Hall–Kier alpha value is -0.900. The predicted octanol–water partition coefficient (Wildman–Crippen LogP) is 2.37. The van der Waals surface area contributed by atoms with Crippen molar-refractivity contribution < 1.29 is 5.11 Å². The van der Waals surface area contributed by atoms with E-state index in [-0.39, 0.29) is 12.1 Å². The van der Waals surface area contributed by atoms with Gasteiger partial charge in [-0.1, -0.05) is 37.3 Å². The molecule has 2 aliphatic rings. The molecule has 116 valence electrons. The van der Waals surface area contributed by atoms with Crippen LogP contribution in [0, 0.1) is 0 Å². The van der Waals surface area contributed by atoms with Crippen LogP contribution in [0.2, 0.25) is 0 Å². The Morgan fingerprint density at radius 2 is 2.10 bits per heavy atom. The van der Waals surface area contributed by atoms with Crippen molar-refractivity contribution in [3.8, 4) is 0 Å². The third kappa shape index (κ3) is 3.15. The van der Waals surface area contributed by atoms with Crippen molar-refractivity contribution in [1.82, 2.24) is 10.2 Å². The molecule has 3 nitrogen and oxygen atoms in total. The molecular weight excluding hydrogens is 260 g/mol. The van der Waals surface area contributed by atoms with Crippen LogP contribution >= 0.6 is 0 Å². The second-order valence-corrected chi connectivity index (χ2v) is 6.76. The third-order valence-corrected chi connectivity index (χ3v) is 5.44. The summed E-state index contributed by atoms with van der Waals surface area (Å²) in [6.07, 6.45) is 4.69. The highest BCUT2D eigenvalue weighted by molar-refractivity contribution is 5.21. The predicted molar refractivity (Wildman–Crippen MR) is 86.5 cm³/mol. The van der Waals surface area contributed by atoms with E-state index in [9.17, 15) is 5.11 Å². The molecule has 1 saturated carbocycles. The SMILES string of the molecule is CCNC1(CO)CCC(N2CCC(c3ccccc3)C2)C1. The molecule has 0 radical (unpaired) electrons. The van der Waals surface area contributed by atoms with Gasteiger partial charge in [0.2, 0.25) is 0 Å². The summed E-state index contributed by atoms with van der Waals surface area (Å²) < 4.78 is 0. The van der Waals surface area contributed by atoms with Gasteiger partial charge < -0.3 is 10.4 Å². The van der Waals surface area contributed by atoms with Crippen LogP contribution in [-0.2, 0) is 0 Å². The van der Waals surface area contributed by atoms with Crippen LogP contribution in [0.5, 0.6) is 0 Å². The van der Waals surface area contributed by atoms with E-state index in [2.05, 4.69) is 47.5 Å². The Balaban J connectivity index is 1.60. The summed E-state index contributed by atoms with van der Waals surface area (Å²) in [5, 5.41) is 13.3. The van der Waals surface area contributed by atoms with E-state index in [0.717, 1.165) is 19.4 Å². The number of hydrogen-bond acceptors (Lipinski definition) is 3. The minimum Gasteiger partial charge on any atom is -0.394 e. The number of aliphatic hydroxyl groups excluding tert-OH is 1. The van der Waals surface area contributed by atoms with Gasteiger partial charge in [0.15, 0.2) is 0 Å². The molecule has 1 heterocycles. The zero-order chi connectivity index (χ0) is 14.7. The normalized spacial score (nSPS) is 33.6. The fourth-order valence-corrected chi connectivity index (χ4v) is 4.26. The lowest BCUT2D eigenvalue weighted by atomic mass is 9.98. The molecule has 0 spiro atoms. The van der Waals surface area contributed by atoms with Crippen molar-refractivity contribution in [2.24, 2.45) is 0 Å². The van der Waals surface area contributed by atoms with Crippen molar-refractivity contribution in [1.29, 1.82) is 0 Å². The zero-order valence-electron chi connectivity index (χ0n) is 13.1. The summed E-state index contributed by atoms with van der Waals surface area (Å²) in [6, 6.07) is 11.6. The van der Waals surface area contributed by atoms with Crippen LogP contribution in [0.25, 0.3) is 0 Å². The minimum atomic E-state index is -0.0236. The molecule has 3 heteroatoms. The van der Waals surface area contributed by atoms with Gasteiger partial charge in [0.25, 0.3) is 0 Å².